The monoisotopic (exact) mass is 429 g/mol. The molecule has 1 atom stereocenters. The molecule has 2 aliphatic rings. The number of hydrogen-bond acceptors (Lipinski definition) is 4. The Labute approximate surface area is 182 Å². The number of nitrogens with one attached hydrogen (secondary N) is 1. The zero-order valence-corrected chi connectivity index (χ0v) is 17.8. The van der Waals surface area contributed by atoms with Gasteiger partial charge in [-0.1, -0.05) is 24.4 Å². The minimum atomic E-state index is -0.143. The third-order valence-electron chi connectivity index (χ3n) is 6.22. The van der Waals surface area contributed by atoms with Crippen molar-refractivity contribution in [2.75, 3.05) is 26.2 Å². The summed E-state index contributed by atoms with van der Waals surface area (Å²) in [6.07, 6.45) is 6.15. The summed E-state index contributed by atoms with van der Waals surface area (Å²) in [6.45, 7) is 3.06. The molecule has 0 spiro atoms. The highest BCUT2D eigenvalue weighted by Gasteiger charge is 2.37. The van der Waals surface area contributed by atoms with Gasteiger partial charge in [-0.2, -0.15) is 0 Å². The van der Waals surface area contributed by atoms with Crippen molar-refractivity contribution in [2.24, 2.45) is 5.92 Å². The second-order valence-corrected chi connectivity index (χ2v) is 8.56. The van der Waals surface area contributed by atoms with Crippen LogP contribution in [0.5, 0.6) is 0 Å². The van der Waals surface area contributed by atoms with Crippen LogP contribution in [-0.4, -0.2) is 53.8 Å². The summed E-state index contributed by atoms with van der Waals surface area (Å²) >= 11 is 5.93. The average Bonchev–Trinajstić information content (AvgIpc) is 3.48. The second-order valence-electron chi connectivity index (χ2n) is 8.12. The van der Waals surface area contributed by atoms with Gasteiger partial charge in [0, 0.05) is 36.8 Å². The number of nitrogens with zero attached hydrogens (tertiary/aromatic N) is 2. The molecular weight excluding hydrogens is 402 g/mol. The molecule has 6 nitrogen and oxygen atoms in total. The Balaban J connectivity index is 1.38. The highest BCUT2D eigenvalue weighted by Crippen LogP contribution is 2.31. The van der Waals surface area contributed by atoms with Crippen molar-refractivity contribution in [2.45, 2.75) is 38.3 Å². The van der Waals surface area contributed by atoms with Gasteiger partial charge in [0.05, 0.1) is 18.8 Å². The molecule has 0 unspecified atom stereocenters. The molecule has 1 saturated heterocycles. The average molecular weight is 430 g/mol. The van der Waals surface area contributed by atoms with E-state index in [9.17, 15) is 9.59 Å². The third kappa shape index (κ3) is 4.87. The molecule has 30 heavy (non-hydrogen) atoms. The number of carbonyl (C=O) groups is 2. The largest absolute Gasteiger partial charge is 0.467 e. The van der Waals surface area contributed by atoms with Crippen molar-refractivity contribution >= 4 is 23.4 Å². The maximum absolute atomic E-state index is 13.1. The minimum Gasteiger partial charge on any atom is -0.467 e. The van der Waals surface area contributed by atoms with Crippen LogP contribution < -0.4 is 5.32 Å². The molecule has 1 aliphatic heterocycles. The van der Waals surface area contributed by atoms with E-state index in [0.717, 1.165) is 18.6 Å². The van der Waals surface area contributed by atoms with Gasteiger partial charge in [-0.25, -0.2) is 0 Å². The Morgan fingerprint density at radius 3 is 2.40 bits per heavy atom. The predicted octanol–water partition coefficient (Wildman–Crippen LogP) is 3.57. The molecule has 2 heterocycles. The minimum absolute atomic E-state index is 0.0194. The number of furan rings is 1. The van der Waals surface area contributed by atoms with Crippen LogP contribution in [0.2, 0.25) is 5.02 Å². The molecule has 2 amide bonds. The van der Waals surface area contributed by atoms with E-state index < -0.39 is 0 Å². The Kier molecular flexibility index (Phi) is 6.75. The zero-order chi connectivity index (χ0) is 20.9. The van der Waals surface area contributed by atoms with Gasteiger partial charge in [0.25, 0.3) is 5.91 Å². The SMILES string of the molecule is O=C(NCc1ccco1)[C@H](C1CCCC1)N1CCN(C(=O)c2ccc(Cl)cc2)CC1. The van der Waals surface area contributed by atoms with Crippen molar-refractivity contribution in [3.63, 3.8) is 0 Å². The lowest BCUT2D eigenvalue weighted by Gasteiger charge is -2.40. The normalized spacial score (nSPS) is 19.0. The summed E-state index contributed by atoms with van der Waals surface area (Å²) in [5.41, 5.74) is 0.649. The number of hydrogen-bond donors (Lipinski definition) is 1. The maximum atomic E-state index is 13.1. The first-order valence-corrected chi connectivity index (χ1v) is 11.1. The van der Waals surface area contributed by atoms with Gasteiger partial charge in [0.1, 0.15) is 5.76 Å². The van der Waals surface area contributed by atoms with Crippen LogP contribution in [0.4, 0.5) is 0 Å². The van der Waals surface area contributed by atoms with Crippen molar-refractivity contribution in [1.29, 1.82) is 0 Å². The fourth-order valence-electron chi connectivity index (χ4n) is 4.62. The molecule has 1 aromatic carbocycles. The lowest BCUT2D eigenvalue weighted by Crippen LogP contribution is -2.57. The molecule has 0 radical (unpaired) electrons. The first-order valence-electron chi connectivity index (χ1n) is 10.7. The van der Waals surface area contributed by atoms with Crippen LogP contribution in [0.25, 0.3) is 0 Å². The Morgan fingerprint density at radius 2 is 1.77 bits per heavy atom. The number of rotatable bonds is 6. The molecule has 7 heteroatoms. The molecule has 2 fully saturated rings. The van der Waals surface area contributed by atoms with E-state index in [1.165, 1.54) is 12.8 Å². The molecule has 160 valence electrons. The van der Waals surface area contributed by atoms with E-state index in [0.29, 0.717) is 49.2 Å². The highest BCUT2D eigenvalue weighted by molar-refractivity contribution is 6.30. The molecule has 1 saturated carbocycles. The smallest absolute Gasteiger partial charge is 0.253 e. The third-order valence-corrected chi connectivity index (χ3v) is 6.47. The number of benzene rings is 1. The standard InChI is InChI=1S/C23H28ClN3O3/c24-19-9-7-18(8-10-19)23(29)27-13-11-26(12-14-27)21(17-4-1-2-5-17)22(28)25-16-20-6-3-15-30-20/h3,6-10,15,17,21H,1-2,4-5,11-14,16H2,(H,25,28)/t21-/m0/s1. The summed E-state index contributed by atoms with van der Waals surface area (Å²) < 4.78 is 5.34. The van der Waals surface area contributed by atoms with Gasteiger partial charge in [-0.3, -0.25) is 14.5 Å². The molecule has 2 aromatic rings. The van der Waals surface area contributed by atoms with Gasteiger partial charge < -0.3 is 14.6 Å². The number of amides is 2. The lowest BCUT2D eigenvalue weighted by atomic mass is 9.95. The van der Waals surface area contributed by atoms with Crippen LogP contribution in [-0.2, 0) is 11.3 Å². The maximum Gasteiger partial charge on any atom is 0.253 e. The highest BCUT2D eigenvalue weighted by atomic mass is 35.5. The molecule has 1 aliphatic carbocycles. The summed E-state index contributed by atoms with van der Waals surface area (Å²) in [5.74, 6) is 1.22. The first kappa shape index (κ1) is 20.9. The summed E-state index contributed by atoms with van der Waals surface area (Å²) in [7, 11) is 0. The van der Waals surface area contributed by atoms with Crippen molar-refractivity contribution in [1.82, 2.24) is 15.1 Å². The van der Waals surface area contributed by atoms with Crippen molar-refractivity contribution < 1.29 is 14.0 Å². The Hall–Kier alpha value is -2.31. The number of piperazine rings is 1. The fourth-order valence-corrected chi connectivity index (χ4v) is 4.75. The first-order chi connectivity index (χ1) is 14.6. The molecular formula is C23H28ClN3O3. The van der Waals surface area contributed by atoms with E-state index in [1.807, 2.05) is 17.0 Å². The summed E-state index contributed by atoms with van der Waals surface area (Å²) in [6, 6.07) is 10.6. The predicted molar refractivity (Wildman–Crippen MR) is 115 cm³/mol. The van der Waals surface area contributed by atoms with Crippen LogP contribution in [0.15, 0.2) is 47.1 Å². The van der Waals surface area contributed by atoms with E-state index in [4.69, 9.17) is 16.0 Å². The summed E-state index contributed by atoms with van der Waals surface area (Å²) in [4.78, 5) is 30.0. The van der Waals surface area contributed by atoms with E-state index >= 15 is 0 Å². The summed E-state index contributed by atoms with van der Waals surface area (Å²) in [5, 5.41) is 3.68. The second kappa shape index (κ2) is 9.67. The van der Waals surface area contributed by atoms with Gasteiger partial charge in [-0.15, -0.1) is 0 Å². The quantitative estimate of drug-likeness (QED) is 0.762. The van der Waals surface area contributed by atoms with Crippen LogP contribution >= 0.6 is 11.6 Å². The zero-order valence-electron chi connectivity index (χ0n) is 17.1. The molecule has 4 rings (SSSR count). The topological polar surface area (TPSA) is 65.8 Å². The van der Waals surface area contributed by atoms with Gasteiger partial charge in [0.2, 0.25) is 5.91 Å². The van der Waals surface area contributed by atoms with Crippen LogP contribution in [0.1, 0.15) is 41.8 Å². The van der Waals surface area contributed by atoms with Crippen LogP contribution in [0, 0.1) is 5.92 Å². The van der Waals surface area contributed by atoms with E-state index in [-0.39, 0.29) is 17.9 Å². The van der Waals surface area contributed by atoms with Gasteiger partial charge >= 0.3 is 0 Å². The van der Waals surface area contributed by atoms with Gasteiger partial charge in [-0.05, 0) is 55.2 Å². The van der Waals surface area contributed by atoms with Gasteiger partial charge in [0.15, 0.2) is 0 Å². The fraction of sp³-hybridized carbons (Fsp3) is 0.478. The van der Waals surface area contributed by atoms with Crippen LogP contribution in [0.3, 0.4) is 0 Å². The van der Waals surface area contributed by atoms with Crippen molar-refractivity contribution in [3.05, 3.63) is 59.0 Å². The molecule has 1 N–H and O–H groups in total. The van der Waals surface area contributed by atoms with Crippen molar-refractivity contribution in [3.8, 4) is 0 Å². The Bertz CT molecular complexity index is 839. The number of carbonyl (C=O) groups excluding carboxylic acids is 2. The Morgan fingerprint density at radius 1 is 1.07 bits per heavy atom. The van der Waals surface area contributed by atoms with E-state index in [1.54, 1.807) is 30.5 Å². The molecule has 1 aromatic heterocycles. The lowest BCUT2D eigenvalue weighted by molar-refractivity contribution is -0.129. The number of halogens is 1. The van der Waals surface area contributed by atoms with E-state index in [2.05, 4.69) is 10.2 Å². The molecule has 0 bridgehead atoms.